The highest BCUT2D eigenvalue weighted by Crippen LogP contribution is 2.38. The standard InChI is InChI=1S/C30H40F2O/c1-3-23-6-12-26(13-7-23)27-14-8-24(9-15-27)20-21-33-30(31,32)29-18-16-28(17-19-29)25-10-4-22(2)5-11-25/h8-9,14-19,22-23,25-26H,3-7,10-13,20-21H2,1-2H3. The zero-order valence-electron chi connectivity index (χ0n) is 20.4. The summed E-state index contributed by atoms with van der Waals surface area (Å²) in [4.78, 5) is 0. The summed E-state index contributed by atoms with van der Waals surface area (Å²) < 4.78 is 34.3. The van der Waals surface area contributed by atoms with Crippen molar-refractivity contribution in [3.8, 4) is 0 Å². The quantitative estimate of drug-likeness (QED) is 0.387. The predicted molar refractivity (Wildman–Crippen MR) is 132 cm³/mol. The Labute approximate surface area is 198 Å². The van der Waals surface area contributed by atoms with Crippen LogP contribution in [0, 0.1) is 11.8 Å². The molecule has 2 aliphatic carbocycles. The molecule has 0 saturated heterocycles. The molecular weight excluding hydrogens is 414 g/mol. The fraction of sp³-hybridized carbons (Fsp3) is 0.600. The first-order valence-corrected chi connectivity index (χ1v) is 13.2. The van der Waals surface area contributed by atoms with Crippen LogP contribution in [0.2, 0.25) is 0 Å². The van der Waals surface area contributed by atoms with Gasteiger partial charge >= 0.3 is 6.11 Å². The van der Waals surface area contributed by atoms with Gasteiger partial charge in [0.25, 0.3) is 0 Å². The van der Waals surface area contributed by atoms with Crippen LogP contribution < -0.4 is 0 Å². The Kier molecular flexibility index (Phi) is 8.22. The molecule has 2 fully saturated rings. The van der Waals surface area contributed by atoms with Gasteiger partial charge in [-0.05, 0) is 85.3 Å². The van der Waals surface area contributed by atoms with E-state index in [0.717, 1.165) is 30.2 Å². The van der Waals surface area contributed by atoms with Crippen molar-refractivity contribution in [2.75, 3.05) is 6.61 Å². The monoisotopic (exact) mass is 454 g/mol. The van der Waals surface area contributed by atoms with Crippen LogP contribution in [-0.2, 0) is 17.3 Å². The van der Waals surface area contributed by atoms with Gasteiger partial charge in [-0.2, -0.15) is 8.78 Å². The van der Waals surface area contributed by atoms with E-state index >= 15 is 0 Å². The molecule has 1 nitrogen and oxygen atoms in total. The summed E-state index contributed by atoms with van der Waals surface area (Å²) in [5, 5.41) is 0. The van der Waals surface area contributed by atoms with Crippen LogP contribution in [0.1, 0.15) is 106 Å². The Morgan fingerprint density at radius 3 is 1.82 bits per heavy atom. The molecule has 2 saturated carbocycles. The zero-order chi connectivity index (χ0) is 23.3. The normalized spacial score (nSPS) is 26.3. The van der Waals surface area contributed by atoms with Gasteiger partial charge < -0.3 is 4.74 Å². The van der Waals surface area contributed by atoms with Crippen molar-refractivity contribution in [3.63, 3.8) is 0 Å². The molecule has 0 aliphatic heterocycles. The van der Waals surface area contributed by atoms with E-state index in [1.165, 1.54) is 56.1 Å². The topological polar surface area (TPSA) is 9.23 Å². The van der Waals surface area contributed by atoms with Gasteiger partial charge in [0.1, 0.15) is 0 Å². The average molecular weight is 455 g/mol. The lowest BCUT2D eigenvalue weighted by Crippen LogP contribution is -2.20. The van der Waals surface area contributed by atoms with Gasteiger partial charge in [0.2, 0.25) is 0 Å². The number of benzene rings is 2. The van der Waals surface area contributed by atoms with Crippen molar-refractivity contribution >= 4 is 0 Å². The van der Waals surface area contributed by atoms with Crippen LogP contribution >= 0.6 is 0 Å². The molecule has 0 N–H and O–H groups in total. The SMILES string of the molecule is CCC1CCC(c2ccc(CCOC(F)(F)c3ccc(C4CCC(C)CC4)cc3)cc2)CC1. The van der Waals surface area contributed by atoms with E-state index in [1.807, 2.05) is 12.1 Å². The zero-order valence-corrected chi connectivity index (χ0v) is 20.4. The number of halogens is 2. The van der Waals surface area contributed by atoms with E-state index in [0.29, 0.717) is 18.3 Å². The van der Waals surface area contributed by atoms with Crippen molar-refractivity contribution in [2.45, 2.75) is 96.0 Å². The van der Waals surface area contributed by atoms with E-state index in [2.05, 4.69) is 38.1 Å². The molecule has 0 atom stereocenters. The second-order valence-corrected chi connectivity index (χ2v) is 10.6. The molecule has 2 aliphatic rings. The van der Waals surface area contributed by atoms with Gasteiger partial charge in [-0.15, -0.1) is 0 Å². The predicted octanol–water partition coefficient (Wildman–Crippen LogP) is 8.97. The van der Waals surface area contributed by atoms with E-state index in [4.69, 9.17) is 4.74 Å². The second-order valence-electron chi connectivity index (χ2n) is 10.6. The first-order valence-electron chi connectivity index (χ1n) is 13.2. The van der Waals surface area contributed by atoms with Crippen LogP contribution in [0.3, 0.4) is 0 Å². The maximum Gasteiger partial charge on any atom is 0.383 e. The summed E-state index contributed by atoms with van der Waals surface area (Å²) in [5.41, 5.74) is 3.59. The minimum absolute atomic E-state index is 0.0101. The molecule has 0 heterocycles. The lowest BCUT2D eigenvalue weighted by molar-refractivity contribution is -0.248. The summed E-state index contributed by atoms with van der Waals surface area (Å²) in [6, 6.07) is 15.4. The van der Waals surface area contributed by atoms with Crippen molar-refractivity contribution in [1.82, 2.24) is 0 Å². The molecule has 2 aromatic carbocycles. The Morgan fingerprint density at radius 2 is 1.27 bits per heavy atom. The first kappa shape index (κ1) is 24.4. The Balaban J connectivity index is 1.25. The van der Waals surface area contributed by atoms with Gasteiger partial charge in [-0.3, -0.25) is 0 Å². The van der Waals surface area contributed by atoms with E-state index < -0.39 is 6.11 Å². The molecule has 3 heteroatoms. The minimum Gasteiger partial charge on any atom is -0.316 e. The summed E-state index contributed by atoms with van der Waals surface area (Å²) in [6.07, 6.45) is 8.50. The number of hydrogen-bond acceptors (Lipinski definition) is 1. The number of rotatable bonds is 8. The molecule has 0 bridgehead atoms. The molecule has 0 spiro atoms. The molecule has 33 heavy (non-hydrogen) atoms. The summed E-state index contributed by atoms with van der Waals surface area (Å²) in [6.45, 7) is 4.60. The average Bonchev–Trinajstić information content (AvgIpc) is 2.85. The van der Waals surface area contributed by atoms with Crippen molar-refractivity contribution in [3.05, 3.63) is 70.8 Å². The fourth-order valence-electron chi connectivity index (χ4n) is 5.78. The molecule has 0 radical (unpaired) electrons. The molecule has 180 valence electrons. The third kappa shape index (κ3) is 6.44. The van der Waals surface area contributed by atoms with Gasteiger partial charge in [0, 0.05) is 0 Å². The molecule has 0 amide bonds. The van der Waals surface area contributed by atoms with Crippen LogP contribution in [-0.4, -0.2) is 6.61 Å². The van der Waals surface area contributed by atoms with E-state index in [1.54, 1.807) is 12.1 Å². The van der Waals surface area contributed by atoms with Gasteiger partial charge in [-0.1, -0.05) is 81.6 Å². The van der Waals surface area contributed by atoms with Gasteiger partial charge in [0.15, 0.2) is 0 Å². The highest BCUT2D eigenvalue weighted by Gasteiger charge is 2.33. The second kappa shape index (κ2) is 11.1. The van der Waals surface area contributed by atoms with Crippen LogP contribution in [0.25, 0.3) is 0 Å². The van der Waals surface area contributed by atoms with Crippen LogP contribution in [0.4, 0.5) is 8.78 Å². The summed E-state index contributed by atoms with van der Waals surface area (Å²) >= 11 is 0. The van der Waals surface area contributed by atoms with Crippen molar-refractivity contribution < 1.29 is 13.5 Å². The highest BCUT2D eigenvalue weighted by molar-refractivity contribution is 5.28. The van der Waals surface area contributed by atoms with Gasteiger partial charge in [0.05, 0.1) is 12.2 Å². The lowest BCUT2D eigenvalue weighted by Gasteiger charge is -2.28. The Bertz CT molecular complexity index is 842. The third-order valence-electron chi connectivity index (χ3n) is 8.28. The fourth-order valence-corrected chi connectivity index (χ4v) is 5.78. The molecule has 4 rings (SSSR count). The van der Waals surface area contributed by atoms with E-state index in [-0.39, 0.29) is 12.2 Å². The molecular formula is C30H40F2O. The molecule has 0 unspecified atom stereocenters. The first-order chi connectivity index (χ1) is 15.9. The maximum absolute atomic E-state index is 14.6. The van der Waals surface area contributed by atoms with Crippen LogP contribution in [0.15, 0.2) is 48.5 Å². The highest BCUT2D eigenvalue weighted by atomic mass is 19.3. The molecule has 0 aromatic heterocycles. The lowest BCUT2D eigenvalue weighted by atomic mass is 9.78. The van der Waals surface area contributed by atoms with Crippen molar-refractivity contribution in [1.29, 1.82) is 0 Å². The maximum atomic E-state index is 14.6. The van der Waals surface area contributed by atoms with Crippen LogP contribution in [0.5, 0.6) is 0 Å². The van der Waals surface area contributed by atoms with Crippen molar-refractivity contribution in [2.24, 2.45) is 11.8 Å². The third-order valence-corrected chi connectivity index (χ3v) is 8.28. The number of alkyl halides is 2. The van der Waals surface area contributed by atoms with E-state index in [9.17, 15) is 8.78 Å². The summed E-state index contributed by atoms with van der Waals surface area (Å²) in [7, 11) is 0. The minimum atomic E-state index is -3.25. The number of ether oxygens (including phenoxy) is 1. The Hall–Kier alpha value is -1.74. The summed E-state index contributed by atoms with van der Waals surface area (Å²) in [5.74, 6) is 2.85. The smallest absolute Gasteiger partial charge is 0.316 e. The largest absolute Gasteiger partial charge is 0.383 e. The Morgan fingerprint density at radius 1 is 0.758 bits per heavy atom. The number of hydrogen-bond donors (Lipinski definition) is 0. The van der Waals surface area contributed by atoms with Gasteiger partial charge in [-0.25, -0.2) is 0 Å². The molecule has 2 aromatic rings.